The summed E-state index contributed by atoms with van der Waals surface area (Å²) in [5, 5.41) is 14.8. The molecule has 0 saturated carbocycles. The number of nitro groups is 1. The Kier molecular flexibility index (Phi) is 2.23. The zero-order chi connectivity index (χ0) is 12.5. The van der Waals surface area contributed by atoms with Crippen LogP contribution in [-0.2, 0) is 0 Å². The van der Waals surface area contributed by atoms with Gasteiger partial charge in [0.25, 0.3) is 0 Å². The van der Waals surface area contributed by atoms with Crippen LogP contribution < -0.4 is 0 Å². The highest BCUT2D eigenvalue weighted by Crippen LogP contribution is 2.23. The second-order valence-corrected chi connectivity index (χ2v) is 3.59. The zero-order valence-corrected chi connectivity index (χ0v) is 9.09. The fourth-order valence-electron chi connectivity index (χ4n) is 1.75. The van der Waals surface area contributed by atoms with E-state index in [1.54, 1.807) is 18.5 Å². The molecular weight excluding hydrogens is 234 g/mol. The minimum absolute atomic E-state index is 0.106. The van der Waals surface area contributed by atoms with E-state index in [-0.39, 0.29) is 11.3 Å². The SMILES string of the molecule is O=[N+]([O-])c1cnn2c(-c3ccncc3)ccnc12. The molecular formula is C11H7N5O2. The lowest BCUT2D eigenvalue weighted by Gasteiger charge is -2.02. The fourth-order valence-corrected chi connectivity index (χ4v) is 1.75. The van der Waals surface area contributed by atoms with Gasteiger partial charge >= 0.3 is 5.69 Å². The Morgan fingerprint density at radius 2 is 1.94 bits per heavy atom. The maximum absolute atomic E-state index is 10.8. The summed E-state index contributed by atoms with van der Waals surface area (Å²) in [5.74, 6) is 0. The highest BCUT2D eigenvalue weighted by molar-refractivity contribution is 5.66. The van der Waals surface area contributed by atoms with E-state index < -0.39 is 4.92 Å². The molecule has 3 rings (SSSR count). The lowest BCUT2D eigenvalue weighted by molar-refractivity contribution is -0.383. The van der Waals surface area contributed by atoms with Gasteiger partial charge in [-0.3, -0.25) is 15.1 Å². The molecule has 0 aromatic carbocycles. The van der Waals surface area contributed by atoms with Gasteiger partial charge in [0.2, 0.25) is 5.65 Å². The minimum atomic E-state index is -0.494. The number of hydrogen-bond acceptors (Lipinski definition) is 5. The maximum atomic E-state index is 10.8. The third-order valence-electron chi connectivity index (χ3n) is 2.56. The van der Waals surface area contributed by atoms with E-state index in [0.717, 1.165) is 11.3 Å². The number of fused-ring (bicyclic) bond motifs is 1. The number of pyridine rings is 1. The first-order valence-corrected chi connectivity index (χ1v) is 5.15. The van der Waals surface area contributed by atoms with Gasteiger partial charge in [-0.25, -0.2) is 9.50 Å². The van der Waals surface area contributed by atoms with Gasteiger partial charge in [0.15, 0.2) is 0 Å². The van der Waals surface area contributed by atoms with Crippen molar-refractivity contribution in [2.45, 2.75) is 0 Å². The molecule has 7 nitrogen and oxygen atoms in total. The zero-order valence-electron chi connectivity index (χ0n) is 9.09. The summed E-state index contributed by atoms with van der Waals surface area (Å²) in [6.07, 6.45) is 6.03. The predicted octanol–water partition coefficient (Wildman–Crippen LogP) is 1.70. The first-order chi connectivity index (χ1) is 8.77. The van der Waals surface area contributed by atoms with Crippen LogP contribution >= 0.6 is 0 Å². The van der Waals surface area contributed by atoms with Gasteiger partial charge in [-0.05, 0) is 18.2 Å². The third kappa shape index (κ3) is 1.49. The van der Waals surface area contributed by atoms with Gasteiger partial charge in [0, 0.05) is 24.2 Å². The molecule has 3 aromatic heterocycles. The molecule has 3 aromatic rings. The first-order valence-electron chi connectivity index (χ1n) is 5.15. The van der Waals surface area contributed by atoms with E-state index in [1.165, 1.54) is 16.9 Å². The number of nitrogens with zero attached hydrogens (tertiary/aromatic N) is 5. The molecule has 88 valence electrons. The van der Waals surface area contributed by atoms with Gasteiger partial charge in [0.05, 0.1) is 10.6 Å². The van der Waals surface area contributed by atoms with E-state index in [1.807, 2.05) is 12.1 Å². The minimum Gasteiger partial charge on any atom is -0.265 e. The molecule has 0 saturated heterocycles. The van der Waals surface area contributed by atoms with E-state index in [4.69, 9.17) is 0 Å². The average molecular weight is 241 g/mol. The van der Waals surface area contributed by atoms with Gasteiger partial charge in [-0.1, -0.05) is 0 Å². The van der Waals surface area contributed by atoms with Gasteiger partial charge in [-0.15, -0.1) is 0 Å². The van der Waals surface area contributed by atoms with Crippen LogP contribution in [0.5, 0.6) is 0 Å². The van der Waals surface area contributed by atoms with Crippen LogP contribution in [0, 0.1) is 10.1 Å². The predicted molar refractivity (Wildman–Crippen MR) is 62.9 cm³/mol. The Morgan fingerprint density at radius 1 is 1.17 bits per heavy atom. The average Bonchev–Trinajstić information content (AvgIpc) is 2.83. The van der Waals surface area contributed by atoms with Crippen molar-refractivity contribution in [2.24, 2.45) is 0 Å². The summed E-state index contributed by atoms with van der Waals surface area (Å²) in [6, 6.07) is 5.36. The van der Waals surface area contributed by atoms with Gasteiger partial charge in [0.1, 0.15) is 6.20 Å². The summed E-state index contributed by atoms with van der Waals surface area (Å²) in [7, 11) is 0. The topological polar surface area (TPSA) is 86.2 Å². The van der Waals surface area contributed by atoms with Crippen molar-refractivity contribution in [1.29, 1.82) is 0 Å². The van der Waals surface area contributed by atoms with Crippen molar-refractivity contribution in [2.75, 3.05) is 0 Å². The van der Waals surface area contributed by atoms with Crippen LogP contribution in [0.15, 0.2) is 43.0 Å². The Balaban J connectivity index is 2.29. The number of rotatable bonds is 2. The lowest BCUT2D eigenvalue weighted by Crippen LogP contribution is -1.96. The van der Waals surface area contributed by atoms with Crippen LogP contribution in [0.2, 0.25) is 0 Å². The Hall–Kier alpha value is -2.83. The highest BCUT2D eigenvalue weighted by atomic mass is 16.6. The standard InChI is InChI=1S/C11H7N5O2/c17-16(18)10-7-14-15-9(3-6-13-11(10)15)8-1-4-12-5-2-8/h1-7H. The molecule has 0 amide bonds. The van der Waals surface area contributed by atoms with Crippen molar-refractivity contribution in [3.05, 3.63) is 53.1 Å². The highest BCUT2D eigenvalue weighted by Gasteiger charge is 2.17. The Bertz CT molecular complexity index is 723. The molecule has 0 atom stereocenters. The van der Waals surface area contributed by atoms with E-state index in [9.17, 15) is 10.1 Å². The van der Waals surface area contributed by atoms with Crippen LogP contribution in [0.1, 0.15) is 0 Å². The van der Waals surface area contributed by atoms with Crippen LogP contribution in [0.4, 0.5) is 5.69 Å². The van der Waals surface area contributed by atoms with Crippen LogP contribution in [0.3, 0.4) is 0 Å². The molecule has 0 aliphatic heterocycles. The normalized spacial score (nSPS) is 10.7. The van der Waals surface area contributed by atoms with Crippen molar-refractivity contribution in [1.82, 2.24) is 19.6 Å². The van der Waals surface area contributed by atoms with Crippen molar-refractivity contribution < 1.29 is 4.92 Å². The molecule has 0 radical (unpaired) electrons. The number of aromatic nitrogens is 4. The Labute approximate surface area is 101 Å². The lowest BCUT2D eigenvalue weighted by atomic mass is 10.2. The second-order valence-electron chi connectivity index (χ2n) is 3.59. The molecule has 0 aliphatic rings. The quantitative estimate of drug-likeness (QED) is 0.503. The van der Waals surface area contributed by atoms with E-state index in [2.05, 4.69) is 15.1 Å². The molecule has 3 heterocycles. The maximum Gasteiger partial charge on any atom is 0.333 e. The van der Waals surface area contributed by atoms with E-state index >= 15 is 0 Å². The summed E-state index contributed by atoms with van der Waals surface area (Å²) in [4.78, 5) is 18.3. The van der Waals surface area contributed by atoms with Crippen molar-refractivity contribution in [3.63, 3.8) is 0 Å². The third-order valence-corrected chi connectivity index (χ3v) is 2.56. The molecule has 0 fully saturated rings. The molecule has 0 aliphatic carbocycles. The van der Waals surface area contributed by atoms with Gasteiger partial charge in [-0.2, -0.15) is 5.10 Å². The summed E-state index contributed by atoms with van der Waals surface area (Å²) >= 11 is 0. The first kappa shape index (κ1) is 10.3. The summed E-state index contributed by atoms with van der Waals surface area (Å²) in [5.41, 5.74) is 1.73. The van der Waals surface area contributed by atoms with E-state index in [0.29, 0.717) is 0 Å². The molecule has 0 spiro atoms. The molecule has 0 bridgehead atoms. The van der Waals surface area contributed by atoms with Crippen LogP contribution in [-0.4, -0.2) is 24.5 Å². The largest absolute Gasteiger partial charge is 0.333 e. The second kappa shape index (κ2) is 3.88. The summed E-state index contributed by atoms with van der Waals surface area (Å²) < 4.78 is 1.45. The molecule has 7 heteroatoms. The monoisotopic (exact) mass is 241 g/mol. The van der Waals surface area contributed by atoms with Gasteiger partial charge < -0.3 is 0 Å². The molecule has 18 heavy (non-hydrogen) atoms. The number of hydrogen-bond donors (Lipinski definition) is 0. The fraction of sp³-hybridized carbons (Fsp3) is 0. The Morgan fingerprint density at radius 3 is 2.67 bits per heavy atom. The van der Waals surface area contributed by atoms with Crippen LogP contribution in [0.25, 0.3) is 16.9 Å². The molecule has 0 N–H and O–H groups in total. The molecule has 0 unspecified atom stereocenters. The van der Waals surface area contributed by atoms with Crippen molar-refractivity contribution in [3.8, 4) is 11.3 Å². The summed E-state index contributed by atoms with van der Waals surface area (Å²) in [6.45, 7) is 0. The van der Waals surface area contributed by atoms with Crippen molar-refractivity contribution >= 4 is 11.3 Å². The smallest absolute Gasteiger partial charge is 0.265 e.